The molecule has 3 heterocycles. The van der Waals surface area contributed by atoms with Crippen molar-refractivity contribution in [3.8, 4) is 0 Å². The van der Waals surface area contributed by atoms with Crippen molar-refractivity contribution in [1.82, 2.24) is 0 Å². The van der Waals surface area contributed by atoms with Crippen molar-refractivity contribution in [3.05, 3.63) is 41.7 Å². The van der Waals surface area contributed by atoms with Crippen LogP contribution in [0.15, 0.2) is 36.1 Å². The molecule has 29 heavy (non-hydrogen) atoms. The van der Waals surface area contributed by atoms with Crippen LogP contribution in [0.1, 0.15) is 31.7 Å². The van der Waals surface area contributed by atoms with E-state index in [9.17, 15) is 9.59 Å². The molecule has 0 bridgehead atoms. The Morgan fingerprint density at radius 3 is 2.79 bits per heavy atom. The number of ether oxygens (including phenoxy) is 2. The number of likely N-dealkylation sites (N-methyl/N-ethyl adjacent to an activating group) is 1. The number of rotatable bonds is 4. The minimum absolute atomic E-state index is 0.0131. The van der Waals surface area contributed by atoms with Crippen LogP contribution in [0, 0.1) is 11.8 Å². The molecule has 5 atom stereocenters. The number of piperidine rings is 1. The molecule has 6 nitrogen and oxygen atoms in total. The molecule has 3 aliphatic rings. The topological polar surface area (TPSA) is 64.6 Å². The van der Waals surface area contributed by atoms with Gasteiger partial charge in [0, 0.05) is 30.4 Å². The first-order chi connectivity index (χ1) is 13.9. The second-order valence-corrected chi connectivity index (χ2v) is 8.93. The number of benzene rings is 1. The Hall–Kier alpha value is -2.34. The number of hydrogen-bond acceptors (Lipinski definition) is 4. The van der Waals surface area contributed by atoms with Crippen molar-refractivity contribution in [2.45, 2.75) is 37.6 Å². The van der Waals surface area contributed by atoms with Crippen molar-refractivity contribution in [2.24, 2.45) is 11.8 Å². The molecule has 4 rings (SSSR count). The van der Waals surface area contributed by atoms with Gasteiger partial charge in [-0.25, -0.2) is 4.79 Å². The van der Waals surface area contributed by atoms with E-state index < -0.39 is 5.41 Å². The zero-order chi connectivity index (χ0) is 20.8. The maximum atomic E-state index is 13.3. The predicted octanol–water partition coefficient (Wildman–Crippen LogP) is 2.84. The van der Waals surface area contributed by atoms with Gasteiger partial charge in [-0.3, -0.25) is 4.79 Å². The second-order valence-electron chi connectivity index (χ2n) is 8.93. The number of esters is 1. The number of carbonyl (C=O) groups is 2. The molecule has 2 saturated heterocycles. The Morgan fingerprint density at radius 2 is 2.10 bits per heavy atom. The fourth-order valence-corrected chi connectivity index (χ4v) is 6.30. The number of methoxy groups -OCH3 is 2. The van der Waals surface area contributed by atoms with Gasteiger partial charge in [-0.05, 0) is 18.1 Å². The summed E-state index contributed by atoms with van der Waals surface area (Å²) in [4.78, 5) is 25.9. The van der Waals surface area contributed by atoms with E-state index in [-0.39, 0.29) is 23.8 Å². The van der Waals surface area contributed by atoms with Gasteiger partial charge in [-0.1, -0.05) is 25.1 Å². The number of amides is 1. The van der Waals surface area contributed by atoms with Gasteiger partial charge < -0.3 is 19.3 Å². The van der Waals surface area contributed by atoms with Crippen LogP contribution in [-0.2, 0) is 24.5 Å². The standard InChI is InChI=1S/C23H30N2O4/c1-5-15-13-25(2)11-10-23(18-8-6-7-9-19(18)24-22(23)27)20(25)12-16(15)17(14-28-3)21(26)29-4/h6-9,14-16,20H,5,10-13H2,1-4H3/p+1/b17-14+/t15-,16-,20+,23+,25?/m0/s1. The molecule has 0 radical (unpaired) electrons. The van der Waals surface area contributed by atoms with E-state index in [1.165, 1.54) is 7.11 Å². The highest BCUT2D eigenvalue weighted by molar-refractivity contribution is 6.07. The molecule has 3 aliphatic heterocycles. The molecular weight excluding hydrogens is 368 g/mol. The minimum Gasteiger partial charge on any atom is -0.504 e. The molecule has 1 N–H and O–H groups in total. The molecule has 156 valence electrons. The zero-order valence-electron chi connectivity index (χ0n) is 17.7. The van der Waals surface area contributed by atoms with Gasteiger partial charge in [0.05, 0.1) is 46.2 Å². The Balaban J connectivity index is 1.79. The van der Waals surface area contributed by atoms with Gasteiger partial charge in [-0.2, -0.15) is 0 Å². The van der Waals surface area contributed by atoms with Crippen LogP contribution in [0.5, 0.6) is 0 Å². The van der Waals surface area contributed by atoms with Crippen LogP contribution in [0.3, 0.4) is 0 Å². The number of nitrogens with zero attached hydrogens (tertiary/aromatic N) is 1. The van der Waals surface area contributed by atoms with Crippen LogP contribution in [0.2, 0.25) is 0 Å². The first kappa shape index (κ1) is 20.0. The first-order valence-electron chi connectivity index (χ1n) is 10.5. The monoisotopic (exact) mass is 399 g/mol. The summed E-state index contributed by atoms with van der Waals surface area (Å²) in [5, 5.41) is 3.13. The van der Waals surface area contributed by atoms with Gasteiger partial charge in [0.15, 0.2) is 0 Å². The molecule has 1 unspecified atom stereocenters. The highest BCUT2D eigenvalue weighted by Gasteiger charge is 2.66. The van der Waals surface area contributed by atoms with Crippen LogP contribution >= 0.6 is 0 Å². The van der Waals surface area contributed by atoms with E-state index in [1.807, 2.05) is 18.2 Å². The van der Waals surface area contributed by atoms with Crippen LogP contribution in [0.25, 0.3) is 0 Å². The second kappa shape index (κ2) is 7.17. The van der Waals surface area contributed by atoms with Gasteiger partial charge in [0.2, 0.25) is 5.91 Å². The molecule has 6 heteroatoms. The van der Waals surface area contributed by atoms with E-state index >= 15 is 0 Å². The summed E-state index contributed by atoms with van der Waals surface area (Å²) in [7, 11) is 5.25. The predicted molar refractivity (Wildman–Crippen MR) is 110 cm³/mol. The summed E-state index contributed by atoms with van der Waals surface area (Å²) in [6.45, 7) is 4.09. The summed E-state index contributed by atoms with van der Waals surface area (Å²) >= 11 is 0. The lowest BCUT2D eigenvalue weighted by molar-refractivity contribution is -0.932. The first-order valence-corrected chi connectivity index (χ1v) is 10.5. The number of hydrogen-bond donors (Lipinski definition) is 1. The van der Waals surface area contributed by atoms with E-state index in [0.29, 0.717) is 11.5 Å². The maximum Gasteiger partial charge on any atom is 0.337 e. The largest absolute Gasteiger partial charge is 0.504 e. The highest BCUT2D eigenvalue weighted by atomic mass is 16.5. The van der Waals surface area contributed by atoms with Crippen molar-refractivity contribution in [1.29, 1.82) is 0 Å². The lowest BCUT2D eigenvalue weighted by atomic mass is 9.67. The molecular formula is C23H31N2O4+. The van der Waals surface area contributed by atoms with Crippen molar-refractivity contribution >= 4 is 17.6 Å². The van der Waals surface area contributed by atoms with Gasteiger partial charge >= 0.3 is 5.97 Å². The number of para-hydroxylation sites is 1. The molecule has 0 aliphatic carbocycles. The third kappa shape index (κ3) is 2.80. The third-order valence-corrected chi connectivity index (χ3v) is 7.69. The number of carbonyl (C=O) groups excluding carboxylic acids is 2. The Kier molecular flexibility index (Phi) is 4.93. The molecule has 1 spiro atoms. The summed E-state index contributed by atoms with van der Waals surface area (Å²) in [6, 6.07) is 8.18. The van der Waals surface area contributed by atoms with Crippen LogP contribution < -0.4 is 5.32 Å². The molecule has 1 aromatic carbocycles. The molecule has 0 saturated carbocycles. The highest BCUT2D eigenvalue weighted by Crippen LogP contribution is 2.55. The van der Waals surface area contributed by atoms with Crippen molar-refractivity contribution in [3.63, 3.8) is 0 Å². The molecule has 1 aromatic rings. The maximum absolute atomic E-state index is 13.3. The zero-order valence-corrected chi connectivity index (χ0v) is 17.7. The van der Waals surface area contributed by atoms with Gasteiger partial charge in [0.1, 0.15) is 11.5 Å². The fraction of sp³-hybridized carbons (Fsp3) is 0.565. The van der Waals surface area contributed by atoms with E-state index in [0.717, 1.165) is 48.1 Å². The Bertz CT molecular complexity index is 866. The van der Waals surface area contributed by atoms with Crippen LogP contribution in [-0.4, -0.2) is 56.8 Å². The third-order valence-electron chi connectivity index (χ3n) is 7.69. The normalized spacial score (nSPS) is 35.8. The number of anilines is 1. The number of nitrogens with one attached hydrogen (secondary N) is 1. The molecule has 2 fully saturated rings. The van der Waals surface area contributed by atoms with E-state index in [1.54, 1.807) is 13.4 Å². The summed E-state index contributed by atoms with van der Waals surface area (Å²) in [5.74, 6) is 0.120. The molecule has 0 aromatic heterocycles. The minimum atomic E-state index is -0.531. The average molecular weight is 400 g/mol. The number of fused-ring (bicyclic) bond motifs is 4. The quantitative estimate of drug-likeness (QED) is 0.366. The van der Waals surface area contributed by atoms with Crippen molar-refractivity contribution in [2.75, 3.05) is 39.7 Å². The average Bonchev–Trinajstić information content (AvgIpc) is 3.19. The number of quaternary nitrogens is 1. The van der Waals surface area contributed by atoms with Crippen molar-refractivity contribution < 1.29 is 23.5 Å². The smallest absolute Gasteiger partial charge is 0.337 e. The fourth-order valence-electron chi connectivity index (χ4n) is 6.30. The molecule has 1 amide bonds. The SMILES string of the molecule is CC[C@H]1C[N+]2(C)CC[C@]3(C(=O)Nc4ccccc43)[C@H]2C[C@@H]1/C(=C\OC)C(=O)OC. The van der Waals surface area contributed by atoms with E-state index in [2.05, 4.69) is 25.4 Å². The Morgan fingerprint density at radius 1 is 1.34 bits per heavy atom. The van der Waals surface area contributed by atoms with Crippen LogP contribution in [0.4, 0.5) is 5.69 Å². The van der Waals surface area contributed by atoms with Gasteiger partial charge in [-0.15, -0.1) is 0 Å². The lowest BCUT2D eigenvalue weighted by Crippen LogP contribution is -2.62. The van der Waals surface area contributed by atoms with E-state index in [4.69, 9.17) is 9.47 Å². The van der Waals surface area contributed by atoms with Gasteiger partial charge in [0.25, 0.3) is 0 Å². The summed E-state index contributed by atoms with van der Waals surface area (Å²) in [6.07, 6.45) is 4.11. The summed E-state index contributed by atoms with van der Waals surface area (Å²) in [5.41, 5.74) is 2.10. The lowest BCUT2D eigenvalue weighted by Gasteiger charge is -2.49. The summed E-state index contributed by atoms with van der Waals surface area (Å²) < 4.78 is 11.2. The Labute approximate surface area is 172 Å².